The van der Waals surface area contributed by atoms with E-state index in [-0.39, 0.29) is 5.91 Å². The molecule has 9 nitrogen and oxygen atoms in total. The molecule has 0 aliphatic carbocycles. The number of fused-ring (bicyclic) bond motifs is 1. The third-order valence-corrected chi connectivity index (χ3v) is 4.89. The Balaban J connectivity index is 1.43. The van der Waals surface area contributed by atoms with Gasteiger partial charge in [0.1, 0.15) is 11.3 Å². The number of hydrogen-bond acceptors (Lipinski definition) is 6. The van der Waals surface area contributed by atoms with Crippen molar-refractivity contribution in [1.82, 2.24) is 24.4 Å². The number of aromatic nitrogens is 5. The molecule has 0 fully saturated rings. The van der Waals surface area contributed by atoms with Gasteiger partial charge in [-0.25, -0.2) is 9.67 Å². The Morgan fingerprint density at radius 1 is 1.16 bits per heavy atom. The van der Waals surface area contributed by atoms with Gasteiger partial charge in [0.15, 0.2) is 0 Å². The average molecular weight is 419 g/mol. The minimum atomic E-state index is -0.198. The molecule has 0 unspecified atom stereocenters. The van der Waals surface area contributed by atoms with Gasteiger partial charge in [-0.3, -0.25) is 4.79 Å². The fourth-order valence-corrected chi connectivity index (χ4v) is 3.38. The number of anilines is 1. The van der Waals surface area contributed by atoms with Crippen LogP contribution < -0.4 is 11.1 Å². The molecule has 0 aliphatic heterocycles. The van der Waals surface area contributed by atoms with Crippen LogP contribution in [0.1, 0.15) is 21.7 Å². The quantitative estimate of drug-likeness (QED) is 0.424. The lowest BCUT2D eigenvalue weighted by Gasteiger charge is -2.07. The SMILES string of the molecule is Cc1cc(C)n2ccc(C(=O)Nc3ccc(-c4cn(CCOCCN)nn4)cc3)c2n1. The molecular weight excluding hydrogens is 394 g/mol. The lowest BCUT2D eigenvalue weighted by Crippen LogP contribution is -2.12. The van der Waals surface area contributed by atoms with Gasteiger partial charge in [0.05, 0.1) is 31.5 Å². The van der Waals surface area contributed by atoms with E-state index in [0.717, 1.165) is 22.6 Å². The zero-order valence-electron chi connectivity index (χ0n) is 17.6. The maximum absolute atomic E-state index is 12.8. The molecule has 9 heteroatoms. The van der Waals surface area contributed by atoms with Crippen molar-refractivity contribution in [3.05, 3.63) is 65.7 Å². The van der Waals surface area contributed by atoms with Crippen molar-refractivity contribution in [3.8, 4) is 11.3 Å². The van der Waals surface area contributed by atoms with Crippen LogP contribution in [0, 0.1) is 13.8 Å². The van der Waals surface area contributed by atoms with Crippen LogP contribution in [0.5, 0.6) is 0 Å². The number of rotatable bonds is 8. The number of benzene rings is 1. The van der Waals surface area contributed by atoms with Crippen LogP contribution in [0.15, 0.2) is 48.8 Å². The summed E-state index contributed by atoms with van der Waals surface area (Å²) in [5.41, 5.74) is 10.9. The molecule has 160 valence electrons. The molecule has 4 aromatic rings. The van der Waals surface area contributed by atoms with Crippen LogP contribution in [0.25, 0.3) is 16.9 Å². The van der Waals surface area contributed by atoms with Crippen molar-refractivity contribution in [3.63, 3.8) is 0 Å². The van der Waals surface area contributed by atoms with E-state index in [9.17, 15) is 4.79 Å². The van der Waals surface area contributed by atoms with Gasteiger partial charge in [-0.05, 0) is 38.1 Å². The number of carbonyl (C=O) groups is 1. The van der Waals surface area contributed by atoms with E-state index < -0.39 is 0 Å². The maximum Gasteiger partial charge on any atom is 0.259 e. The molecule has 3 N–H and O–H groups in total. The number of nitrogens with two attached hydrogens (primary N) is 1. The van der Waals surface area contributed by atoms with E-state index >= 15 is 0 Å². The van der Waals surface area contributed by atoms with Crippen LogP contribution in [0.2, 0.25) is 0 Å². The van der Waals surface area contributed by atoms with E-state index in [1.165, 1.54) is 0 Å². The van der Waals surface area contributed by atoms with Gasteiger partial charge in [-0.1, -0.05) is 17.3 Å². The van der Waals surface area contributed by atoms with Gasteiger partial charge < -0.3 is 20.2 Å². The summed E-state index contributed by atoms with van der Waals surface area (Å²) in [6.45, 7) is 6.09. The zero-order valence-corrected chi connectivity index (χ0v) is 17.6. The van der Waals surface area contributed by atoms with E-state index in [2.05, 4.69) is 20.6 Å². The summed E-state index contributed by atoms with van der Waals surface area (Å²) in [6, 6.07) is 11.3. The van der Waals surface area contributed by atoms with Crippen LogP contribution in [-0.2, 0) is 11.3 Å². The van der Waals surface area contributed by atoms with Gasteiger partial charge in [0.2, 0.25) is 0 Å². The third-order valence-electron chi connectivity index (χ3n) is 4.89. The molecule has 3 aromatic heterocycles. The second kappa shape index (κ2) is 9.07. The van der Waals surface area contributed by atoms with Gasteiger partial charge in [0, 0.05) is 35.4 Å². The highest BCUT2D eigenvalue weighted by Gasteiger charge is 2.14. The third kappa shape index (κ3) is 4.62. The van der Waals surface area contributed by atoms with Crippen molar-refractivity contribution in [2.45, 2.75) is 20.4 Å². The minimum Gasteiger partial charge on any atom is -0.378 e. The van der Waals surface area contributed by atoms with Crippen molar-refractivity contribution < 1.29 is 9.53 Å². The number of ether oxygens (including phenoxy) is 1. The number of amides is 1. The van der Waals surface area contributed by atoms with E-state index in [1.54, 1.807) is 10.7 Å². The van der Waals surface area contributed by atoms with Crippen molar-refractivity contribution in [1.29, 1.82) is 0 Å². The Bertz CT molecular complexity index is 1190. The summed E-state index contributed by atoms with van der Waals surface area (Å²) >= 11 is 0. The predicted molar refractivity (Wildman–Crippen MR) is 118 cm³/mol. The summed E-state index contributed by atoms with van der Waals surface area (Å²) in [6.07, 6.45) is 3.72. The van der Waals surface area contributed by atoms with Crippen LogP contribution >= 0.6 is 0 Å². The topological polar surface area (TPSA) is 112 Å². The van der Waals surface area contributed by atoms with E-state index in [1.807, 2.05) is 61.0 Å². The Morgan fingerprint density at radius 3 is 2.74 bits per heavy atom. The van der Waals surface area contributed by atoms with Gasteiger partial charge in [-0.15, -0.1) is 5.10 Å². The standard InChI is InChI=1S/C22H25N7O2/c1-15-13-16(2)29-9-7-19(21(29)24-15)22(30)25-18-5-3-17(4-6-18)20-14-28(27-26-20)10-12-31-11-8-23/h3-7,9,13-14H,8,10-12,23H2,1-2H3,(H,25,30). The summed E-state index contributed by atoms with van der Waals surface area (Å²) in [4.78, 5) is 17.3. The molecule has 0 atom stereocenters. The van der Waals surface area contributed by atoms with Crippen LogP contribution in [-0.4, -0.2) is 50.0 Å². The van der Waals surface area contributed by atoms with Gasteiger partial charge in [0.25, 0.3) is 5.91 Å². The molecule has 0 bridgehead atoms. The highest BCUT2D eigenvalue weighted by molar-refractivity contribution is 6.08. The Hall–Kier alpha value is -3.56. The lowest BCUT2D eigenvalue weighted by molar-refractivity contribution is 0.102. The highest BCUT2D eigenvalue weighted by Crippen LogP contribution is 2.21. The first-order chi connectivity index (χ1) is 15.0. The first-order valence-corrected chi connectivity index (χ1v) is 10.1. The lowest BCUT2D eigenvalue weighted by atomic mass is 10.1. The summed E-state index contributed by atoms with van der Waals surface area (Å²) < 4.78 is 9.01. The molecule has 0 aliphatic rings. The number of carbonyl (C=O) groups excluding carboxylic acids is 1. The highest BCUT2D eigenvalue weighted by atomic mass is 16.5. The molecular formula is C22H25N7O2. The Morgan fingerprint density at radius 2 is 1.97 bits per heavy atom. The van der Waals surface area contributed by atoms with Crippen molar-refractivity contribution in [2.24, 2.45) is 5.73 Å². The normalized spacial score (nSPS) is 11.2. The molecule has 0 saturated heterocycles. The van der Waals surface area contributed by atoms with Gasteiger partial charge in [-0.2, -0.15) is 0 Å². The molecule has 0 spiro atoms. The molecule has 1 amide bonds. The molecule has 0 radical (unpaired) electrons. The first-order valence-electron chi connectivity index (χ1n) is 10.1. The largest absolute Gasteiger partial charge is 0.378 e. The molecule has 0 saturated carbocycles. The van der Waals surface area contributed by atoms with Crippen LogP contribution in [0.3, 0.4) is 0 Å². The van der Waals surface area contributed by atoms with E-state index in [0.29, 0.717) is 43.2 Å². The second-order valence-corrected chi connectivity index (χ2v) is 7.26. The number of aryl methyl sites for hydroxylation is 2. The zero-order chi connectivity index (χ0) is 21.8. The fraction of sp³-hybridized carbons (Fsp3) is 0.273. The molecule has 4 rings (SSSR count). The number of nitrogens with zero attached hydrogens (tertiary/aromatic N) is 5. The minimum absolute atomic E-state index is 0.198. The predicted octanol–water partition coefficient (Wildman–Crippen LogP) is 2.44. The molecule has 1 aromatic carbocycles. The van der Waals surface area contributed by atoms with E-state index in [4.69, 9.17) is 10.5 Å². The maximum atomic E-state index is 12.8. The Labute approximate surface area is 179 Å². The first kappa shape index (κ1) is 20.7. The fourth-order valence-electron chi connectivity index (χ4n) is 3.38. The Kier molecular flexibility index (Phi) is 6.06. The summed E-state index contributed by atoms with van der Waals surface area (Å²) in [5.74, 6) is -0.198. The smallest absolute Gasteiger partial charge is 0.259 e. The van der Waals surface area contributed by atoms with Crippen molar-refractivity contribution >= 4 is 17.2 Å². The second-order valence-electron chi connectivity index (χ2n) is 7.26. The van der Waals surface area contributed by atoms with Crippen LogP contribution in [0.4, 0.5) is 5.69 Å². The van der Waals surface area contributed by atoms with Gasteiger partial charge >= 0.3 is 0 Å². The molecule has 31 heavy (non-hydrogen) atoms. The number of hydrogen-bond donors (Lipinski definition) is 2. The van der Waals surface area contributed by atoms with Crippen molar-refractivity contribution in [2.75, 3.05) is 25.1 Å². The summed E-state index contributed by atoms with van der Waals surface area (Å²) in [7, 11) is 0. The number of nitrogens with one attached hydrogen (secondary N) is 1. The summed E-state index contributed by atoms with van der Waals surface area (Å²) in [5, 5.41) is 11.3. The average Bonchev–Trinajstić information content (AvgIpc) is 3.39. The molecule has 3 heterocycles. The monoisotopic (exact) mass is 419 g/mol.